The maximum absolute atomic E-state index is 12.8. The summed E-state index contributed by atoms with van der Waals surface area (Å²) in [6.07, 6.45) is 0.382. The van der Waals surface area contributed by atoms with Crippen LogP contribution in [-0.2, 0) is 26.5 Å². The van der Waals surface area contributed by atoms with Crippen LogP contribution < -0.4 is 9.44 Å². The molecule has 2 N–H and O–H groups in total. The number of sulfonamides is 2. The van der Waals surface area contributed by atoms with E-state index in [0.29, 0.717) is 17.7 Å². The highest BCUT2D eigenvalue weighted by Crippen LogP contribution is 2.40. The smallest absolute Gasteiger partial charge is 0.266 e. The lowest BCUT2D eigenvalue weighted by atomic mass is 10.2. The van der Waals surface area contributed by atoms with Crippen LogP contribution in [0.5, 0.6) is 0 Å². The molecule has 6 nitrogen and oxygen atoms in total. The summed E-state index contributed by atoms with van der Waals surface area (Å²) in [6, 6.07) is 5.41. The van der Waals surface area contributed by atoms with Crippen LogP contribution in [0.3, 0.4) is 0 Å². The van der Waals surface area contributed by atoms with E-state index < -0.39 is 20.0 Å². The van der Waals surface area contributed by atoms with Crippen molar-refractivity contribution in [3.63, 3.8) is 0 Å². The molecule has 11 heteroatoms. The Labute approximate surface area is 147 Å². The minimum Gasteiger partial charge on any atom is -0.266 e. The summed E-state index contributed by atoms with van der Waals surface area (Å²) in [5.41, 5.74) is 1.01. The highest BCUT2D eigenvalue weighted by atomic mass is 35.5. The van der Waals surface area contributed by atoms with E-state index in [4.69, 9.17) is 28.3 Å². The normalized spacial score (nSPS) is 15.0. The first-order chi connectivity index (χ1) is 10.6. The summed E-state index contributed by atoms with van der Waals surface area (Å²) < 4.78 is 49.9. The highest BCUT2D eigenvalue weighted by molar-refractivity contribution is 7.93. The number of hydrogen-bond donors (Lipinski definition) is 1. The number of fused-ring (bicyclic) bond motifs is 1. The molecule has 0 amide bonds. The van der Waals surface area contributed by atoms with E-state index in [1.165, 1.54) is 28.6 Å². The number of hydrogen-bond acceptors (Lipinski definition) is 5. The molecule has 124 valence electrons. The minimum atomic E-state index is -3.86. The van der Waals surface area contributed by atoms with Crippen molar-refractivity contribution in [2.24, 2.45) is 5.14 Å². The van der Waals surface area contributed by atoms with Crippen molar-refractivity contribution in [2.45, 2.75) is 16.2 Å². The molecule has 3 rings (SSSR count). The Morgan fingerprint density at radius 3 is 2.39 bits per heavy atom. The average Bonchev–Trinajstić information content (AvgIpc) is 3.00. The third kappa shape index (κ3) is 2.97. The maximum atomic E-state index is 12.8. The molecule has 1 aliphatic rings. The standard InChI is InChI=1S/C12H10Cl2N2O4S3/c13-11-6-10(12(14)21-11)23(19,20)16-4-3-7-5-8(22(15,17)18)1-2-9(7)16/h1-2,5-6H,3-4H2,(H2,15,17,18). The Bertz CT molecular complexity index is 999. The van der Waals surface area contributed by atoms with Gasteiger partial charge in [0.15, 0.2) is 0 Å². The van der Waals surface area contributed by atoms with Crippen molar-refractivity contribution in [3.05, 3.63) is 38.5 Å². The first kappa shape index (κ1) is 17.0. The van der Waals surface area contributed by atoms with Gasteiger partial charge in [-0.2, -0.15) is 0 Å². The first-order valence-electron chi connectivity index (χ1n) is 6.24. The number of benzene rings is 1. The number of anilines is 1. The van der Waals surface area contributed by atoms with Gasteiger partial charge in [-0.3, -0.25) is 4.31 Å². The molecular weight excluding hydrogens is 403 g/mol. The molecule has 0 radical (unpaired) electrons. The summed E-state index contributed by atoms with van der Waals surface area (Å²) in [5.74, 6) is 0. The maximum Gasteiger partial charge on any atom is 0.266 e. The van der Waals surface area contributed by atoms with Crippen LogP contribution in [0.25, 0.3) is 0 Å². The fourth-order valence-electron chi connectivity index (χ4n) is 2.39. The van der Waals surface area contributed by atoms with E-state index >= 15 is 0 Å². The quantitative estimate of drug-likeness (QED) is 0.836. The summed E-state index contributed by atoms with van der Waals surface area (Å²) >= 11 is 12.7. The molecule has 0 spiro atoms. The van der Waals surface area contributed by atoms with Crippen LogP contribution in [0, 0.1) is 0 Å². The van der Waals surface area contributed by atoms with Crippen molar-refractivity contribution < 1.29 is 16.8 Å². The fourth-order valence-corrected chi connectivity index (χ4v) is 6.58. The van der Waals surface area contributed by atoms with Gasteiger partial charge in [-0.25, -0.2) is 22.0 Å². The third-order valence-electron chi connectivity index (χ3n) is 3.43. The van der Waals surface area contributed by atoms with E-state index in [-0.39, 0.29) is 25.0 Å². The van der Waals surface area contributed by atoms with Gasteiger partial charge < -0.3 is 0 Å². The molecule has 2 heterocycles. The van der Waals surface area contributed by atoms with Crippen molar-refractivity contribution in [2.75, 3.05) is 10.8 Å². The van der Waals surface area contributed by atoms with Crippen molar-refractivity contribution >= 4 is 60.3 Å². The lowest BCUT2D eigenvalue weighted by molar-refractivity contribution is 0.592. The summed E-state index contributed by atoms with van der Waals surface area (Å²) in [6.45, 7) is 0.190. The largest absolute Gasteiger partial charge is 0.266 e. The molecule has 0 atom stereocenters. The van der Waals surface area contributed by atoms with Gasteiger partial charge in [0, 0.05) is 6.54 Å². The molecule has 2 aromatic rings. The Morgan fingerprint density at radius 2 is 1.83 bits per heavy atom. The van der Waals surface area contributed by atoms with Gasteiger partial charge in [0.05, 0.1) is 14.9 Å². The third-order valence-corrected chi connectivity index (χ3v) is 7.90. The number of rotatable bonds is 3. The SMILES string of the molecule is NS(=O)(=O)c1ccc2c(c1)CCN2S(=O)(=O)c1cc(Cl)sc1Cl. The van der Waals surface area contributed by atoms with Crippen molar-refractivity contribution in [1.82, 2.24) is 0 Å². The molecule has 1 aromatic heterocycles. The molecular formula is C12H10Cl2N2O4S3. The van der Waals surface area contributed by atoms with Crippen LogP contribution in [0.1, 0.15) is 5.56 Å². The highest BCUT2D eigenvalue weighted by Gasteiger charge is 2.34. The zero-order valence-corrected chi connectivity index (χ0v) is 15.3. The van der Waals surface area contributed by atoms with E-state index in [1.807, 2.05) is 0 Å². The minimum absolute atomic E-state index is 0.0490. The topological polar surface area (TPSA) is 97.5 Å². The van der Waals surface area contributed by atoms with Gasteiger partial charge in [-0.15, -0.1) is 11.3 Å². The van der Waals surface area contributed by atoms with Gasteiger partial charge in [-0.05, 0) is 36.2 Å². The number of halogens is 2. The van der Waals surface area contributed by atoms with Crippen LogP contribution in [0.15, 0.2) is 34.1 Å². The number of nitrogens with two attached hydrogens (primary N) is 1. The Balaban J connectivity index is 2.08. The Hall–Kier alpha value is -0.840. The number of primary sulfonamides is 1. The zero-order chi connectivity index (χ0) is 17.0. The summed E-state index contributed by atoms with van der Waals surface area (Å²) in [7, 11) is -7.70. The summed E-state index contributed by atoms with van der Waals surface area (Å²) in [4.78, 5) is -0.107. The molecule has 1 aliphatic heterocycles. The molecule has 0 bridgehead atoms. The molecule has 0 fully saturated rings. The monoisotopic (exact) mass is 412 g/mol. The van der Waals surface area contributed by atoms with E-state index in [9.17, 15) is 16.8 Å². The van der Waals surface area contributed by atoms with E-state index in [1.54, 1.807) is 0 Å². The predicted molar refractivity (Wildman–Crippen MR) is 90.4 cm³/mol. The molecule has 23 heavy (non-hydrogen) atoms. The van der Waals surface area contributed by atoms with Crippen LogP contribution in [0.2, 0.25) is 8.67 Å². The Kier molecular flexibility index (Phi) is 4.14. The summed E-state index contributed by atoms with van der Waals surface area (Å²) in [5, 5.41) is 5.09. The lowest BCUT2D eigenvalue weighted by Gasteiger charge is -2.19. The Morgan fingerprint density at radius 1 is 1.13 bits per heavy atom. The number of thiophene rings is 1. The van der Waals surface area contributed by atoms with Crippen LogP contribution >= 0.6 is 34.5 Å². The van der Waals surface area contributed by atoms with Gasteiger partial charge in [0.2, 0.25) is 10.0 Å². The number of nitrogens with zero attached hydrogens (tertiary/aromatic N) is 1. The van der Waals surface area contributed by atoms with Gasteiger partial charge in [0.1, 0.15) is 9.23 Å². The first-order valence-corrected chi connectivity index (χ1v) is 10.8. The molecule has 1 aromatic carbocycles. The lowest BCUT2D eigenvalue weighted by Crippen LogP contribution is -2.29. The van der Waals surface area contributed by atoms with Gasteiger partial charge in [0.25, 0.3) is 10.0 Å². The van der Waals surface area contributed by atoms with Crippen molar-refractivity contribution in [1.29, 1.82) is 0 Å². The zero-order valence-electron chi connectivity index (χ0n) is 11.4. The fraction of sp³-hybridized carbons (Fsp3) is 0.167. The van der Waals surface area contributed by atoms with E-state index in [0.717, 1.165) is 11.3 Å². The molecule has 0 unspecified atom stereocenters. The molecule has 0 aliphatic carbocycles. The second-order valence-corrected chi connectivity index (χ2v) is 10.5. The van der Waals surface area contributed by atoms with E-state index in [2.05, 4.69) is 0 Å². The van der Waals surface area contributed by atoms with Crippen LogP contribution in [0.4, 0.5) is 5.69 Å². The van der Waals surface area contributed by atoms with Crippen LogP contribution in [-0.4, -0.2) is 23.4 Å². The molecule has 0 saturated carbocycles. The van der Waals surface area contributed by atoms with Crippen molar-refractivity contribution in [3.8, 4) is 0 Å². The average molecular weight is 413 g/mol. The van der Waals surface area contributed by atoms with Gasteiger partial charge in [-0.1, -0.05) is 23.2 Å². The second-order valence-electron chi connectivity index (χ2n) is 4.85. The second kappa shape index (κ2) is 5.61. The molecule has 0 saturated heterocycles. The predicted octanol–water partition coefficient (Wildman–Crippen LogP) is 2.45. The van der Waals surface area contributed by atoms with Gasteiger partial charge >= 0.3 is 0 Å².